The molecular weight excluding hydrogens is 214 g/mol. The Kier molecular flexibility index (Phi) is 3.82. The van der Waals surface area contributed by atoms with Crippen molar-refractivity contribution in [1.82, 2.24) is 25.1 Å². The van der Waals surface area contributed by atoms with Crippen LogP contribution in [0, 0.1) is 0 Å². The molecular formula is C12H17N5. The molecule has 1 unspecified atom stereocenters. The van der Waals surface area contributed by atoms with Gasteiger partial charge in [-0.1, -0.05) is 6.07 Å². The molecule has 5 nitrogen and oxygen atoms in total. The van der Waals surface area contributed by atoms with Crippen molar-refractivity contribution in [1.29, 1.82) is 0 Å². The van der Waals surface area contributed by atoms with Crippen LogP contribution in [0.3, 0.4) is 0 Å². The average molecular weight is 231 g/mol. The van der Waals surface area contributed by atoms with Crippen LogP contribution >= 0.6 is 0 Å². The first-order valence-electron chi connectivity index (χ1n) is 5.73. The van der Waals surface area contributed by atoms with E-state index in [0.29, 0.717) is 6.04 Å². The highest BCUT2D eigenvalue weighted by atomic mass is 15.3. The van der Waals surface area contributed by atoms with Crippen LogP contribution in [0.4, 0.5) is 0 Å². The van der Waals surface area contributed by atoms with E-state index in [1.165, 1.54) is 5.56 Å². The van der Waals surface area contributed by atoms with Crippen LogP contribution in [0.15, 0.2) is 30.9 Å². The molecule has 0 aliphatic rings. The highest BCUT2D eigenvalue weighted by Crippen LogP contribution is 2.09. The van der Waals surface area contributed by atoms with Gasteiger partial charge >= 0.3 is 0 Å². The van der Waals surface area contributed by atoms with Crippen LogP contribution < -0.4 is 5.32 Å². The van der Waals surface area contributed by atoms with Crippen molar-refractivity contribution in [3.8, 4) is 0 Å². The normalized spacial score (nSPS) is 12.6. The Labute approximate surface area is 101 Å². The molecule has 0 bridgehead atoms. The fourth-order valence-electron chi connectivity index (χ4n) is 1.65. The highest BCUT2D eigenvalue weighted by molar-refractivity contribution is 5.12. The molecule has 0 fully saturated rings. The van der Waals surface area contributed by atoms with Crippen molar-refractivity contribution < 1.29 is 0 Å². The number of aryl methyl sites for hydroxylation is 1. The van der Waals surface area contributed by atoms with Crippen molar-refractivity contribution in [3.63, 3.8) is 0 Å². The molecule has 0 aromatic carbocycles. The Morgan fingerprint density at radius 3 is 3.00 bits per heavy atom. The number of rotatable bonds is 5. The molecule has 2 heterocycles. The summed E-state index contributed by atoms with van der Waals surface area (Å²) in [6, 6.07) is 4.32. The minimum Gasteiger partial charge on any atom is -0.310 e. The van der Waals surface area contributed by atoms with Crippen LogP contribution in [0.25, 0.3) is 0 Å². The molecule has 1 N–H and O–H groups in total. The van der Waals surface area contributed by atoms with E-state index in [4.69, 9.17) is 0 Å². The first kappa shape index (κ1) is 11.7. The van der Waals surface area contributed by atoms with E-state index in [2.05, 4.69) is 33.4 Å². The summed E-state index contributed by atoms with van der Waals surface area (Å²) in [5.41, 5.74) is 1.20. The molecule has 17 heavy (non-hydrogen) atoms. The molecule has 0 saturated heterocycles. The molecule has 2 aromatic heterocycles. The van der Waals surface area contributed by atoms with Crippen molar-refractivity contribution in [2.45, 2.75) is 19.4 Å². The summed E-state index contributed by atoms with van der Waals surface area (Å²) in [5.74, 6) is 0.874. The van der Waals surface area contributed by atoms with Gasteiger partial charge in [0.25, 0.3) is 0 Å². The Morgan fingerprint density at radius 2 is 2.35 bits per heavy atom. The topological polar surface area (TPSA) is 55.6 Å². The van der Waals surface area contributed by atoms with E-state index in [0.717, 1.165) is 18.8 Å². The number of pyridine rings is 1. The van der Waals surface area contributed by atoms with Crippen LogP contribution in [0.5, 0.6) is 0 Å². The van der Waals surface area contributed by atoms with Crippen LogP contribution in [0.1, 0.15) is 24.4 Å². The molecule has 0 saturated carbocycles. The van der Waals surface area contributed by atoms with Gasteiger partial charge in [0.05, 0.1) is 0 Å². The number of aromatic nitrogens is 4. The maximum absolute atomic E-state index is 4.23. The van der Waals surface area contributed by atoms with Crippen LogP contribution in [-0.2, 0) is 13.5 Å². The summed E-state index contributed by atoms with van der Waals surface area (Å²) in [5, 5.41) is 7.66. The lowest BCUT2D eigenvalue weighted by Gasteiger charge is -2.12. The van der Waals surface area contributed by atoms with Gasteiger partial charge in [0.2, 0.25) is 0 Å². The molecule has 0 radical (unpaired) electrons. The first-order chi connectivity index (χ1) is 8.25. The van der Waals surface area contributed by atoms with E-state index in [1.54, 1.807) is 17.2 Å². The van der Waals surface area contributed by atoms with Gasteiger partial charge in [0.1, 0.15) is 6.33 Å². The van der Waals surface area contributed by atoms with E-state index in [1.807, 2.05) is 19.3 Å². The lowest BCUT2D eigenvalue weighted by Crippen LogP contribution is -2.21. The molecule has 2 aromatic rings. The standard InChI is InChI=1S/C12H17N5/c1-10(11-4-3-6-13-8-11)14-7-5-12-15-9-17(2)16-12/h3-4,6,8-10,14H,5,7H2,1-2H3. The zero-order valence-electron chi connectivity index (χ0n) is 10.2. The highest BCUT2D eigenvalue weighted by Gasteiger charge is 2.05. The second-order valence-electron chi connectivity index (χ2n) is 4.05. The van der Waals surface area contributed by atoms with E-state index in [-0.39, 0.29) is 0 Å². The van der Waals surface area contributed by atoms with Gasteiger partial charge in [-0.15, -0.1) is 0 Å². The van der Waals surface area contributed by atoms with Gasteiger partial charge in [-0.25, -0.2) is 4.98 Å². The Bertz CT molecular complexity index is 451. The zero-order chi connectivity index (χ0) is 12.1. The Balaban J connectivity index is 1.79. The largest absolute Gasteiger partial charge is 0.310 e. The smallest absolute Gasteiger partial charge is 0.151 e. The maximum atomic E-state index is 4.23. The van der Waals surface area contributed by atoms with Crippen molar-refractivity contribution in [2.24, 2.45) is 7.05 Å². The van der Waals surface area contributed by atoms with E-state index < -0.39 is 0 Å². The maximum Gasteiger partial charge on any atom is 0.151 e. The molecule has 0 amide bonds. The minimum atomic E-state index is 0.299. The third kappa shape index (κ3) is 3.35. The molecule has 0 spiro atoms. The predicted molar refractivity (Wildman–Crippen MR) is 65.4 cm³/mol. The summed E-state index contributed by atoms with van der Waals surface area (Å²) in [6.07, 6.45) is 6.23. The Morgan fingerprint density at radius 1 is 1.47 bits per heavy atom. The summed E-state index contributed by atoms with van der Waals surface area (Å²) in [7, 11) is 1.88. The predicted octanol–water partition coefficient (Wildman–Crippen LogP) is 1.10. The molecule has 0 aliphatic carbocycles. The lowest BCUT2D eigenvalue weighted by atomic mass is 10.1. The van der Waals surface area contributed by atoms with Crippen molar-refractivity contribution in [3.05, 3.63) is 42.2 Å². The molecule has 90 valence electrons. The number of hydrogen-bond acceptors (Lipinski definition) is 4. The molecule has 2 rings (SSSR count). The Hall–Kier alpha value is -1.75. The van der Waals surface area contributed by atoms with Gasteiger partial charge in [0.15, 0.2) is 5.82 Å². The van der Waals surface area contributed by atoms with Crippen LogP contribution in [-0.4, -0.2) is 26.3 Å². The monoisotopic (exact) mass is 231 g/mol. The quantitative estimate of drug-likeness (QED) is 0.837. The summed E-state index contributed by atoms with van der Waals surface area (Å²) >= 11 is 0. The SMILES string of the molecule is CC(NCCc1ncn(C)n1)c1cccnc1. The minimum absolute atomic E-state index is 0.299. The van der Waals surface area contributed by atoms with Gasteiger partial charge < -0.3 is 5.32 Å². The molecule has 1 atom stereocenters. The second kappa shape index (κ2) is 5.54. The van der Waals surface area contributed by atoms with Gasteiger partial charge in [-0.2, -0.15) is 5.10 Å². The van der Waals surface area contributed by atoms with Gasteiger partial charge in [-0.05, 0) is 18.6 Å². The van der Waals surface area contributed by atoms with Crippen molar-refractivity contribution >= 4 is 0 Å². The van der Waals surface area contributed by atoms with Crippen LogP contribution in [0.2, 0.25) is 0 Å². The lowest BCUT2D eigenvalue weighted by molar-refractivity contribution is 0.567. The van der Waals surface area contributed by atoms with Gasteiger partial charge in [-0.3, -0.25) is 9.67 Å². The van der Waals surface area contributed by atoms with Crippen molar-refractivity contribution in [2.75, 3.05) is 6.54 Å². The number of nitrogens with zero attached hydrogens (tertiary/aromatic N) is 4. The zero-order valence-corrected chi connectivity index (χ0v) is 10.2. The third-order valence-electron chi connectivity index (χ3n) is 2.63. The third-order valence-corrected chi connectivity index (χ3v) is 2.63. The number of nitrogens with one attached hydrogen (secondary N) is 1. The second-order valence-corrected chi connectivity index (χ2v) is 4.05. The molecule has 0 aliphatic heterocycles. The fraction of sp³-hybridized carbons (Fsp3) is 0.417. The molecule has 5 heteroatoms. The summed E-state index contributed by atoms with van der Waals surface area (Å²) in [6.45, 7) is 2.99. The summed E-state index contributed by atoms with van der Waals surface area (Å²) < 4.78 is 1.72. The van der Waals surface area contributed by atoms with E-state index in [9.17, 15) is 0 Å². The van der Waals surface area contributed by atoms with Gasteiger partial charge in [0, 0.05) is 38.4 Å². The first-order valence-corrected chi connectivity index (χ1v) is 5.73. The van der Waals surface area contributed by atoms with E-state index >= 15 is 0 Å². The number of hydrogen-bond donors (Lipinski definition) is 1. The summed E-state index contributed by atoms with van der Waals surface area (Å²) in [4.78, 5) is 8.29. The average Bonchev–Trinajstić information content (AvgIpc) is 2.76. The fourth-order valence-corrected chi connectivity index (χ4v) is 1.65.